The molecule has 0 unspecified atom stereocenters. The molecule has 1 atom stereocenters. The van der Waals surface area contributed by atoms with E-state index in [0.717, 1.165) is 17.0 Å². The smallest absolute Gasteiger partial charge is 0.251 e. The van der Waals surface area contributed by atoms with E-state index < -0.39 is 0 Å². The molecule has 2 N–H and O–H groups in total. The van der Waals surface area contributed by atoms with Crippen molar-refractivity contribution >= 4 is 29.3 Å². The lowest BCUT2D eigenvalue weighted by Gasteiger charge is -2.21. The molecule has 0 saturated heterocycles. The van der Waals surface area contributed by atoms with Gasteiger partial charge in [-0.1, -0.05) is 24.3 Å². The monoisotopic (exact) mass is 340 g/mol. The second-order valence-electron chi connectivity index (χ2n) is 5.89. The topological polar surface area (TPSA) is 58.2 Å². The van der Waals surface area contributed by atoms with Gasteiger partial charge in [0.1, 0.15) is 0 Å². The zero-order valence-electron chi connectivity index (χ0n) is 13.8. The first-order chi connectivity index (χ1) is 11.5. The van der Waals surface area contributed by atoms with Crippen molar-refractivity contribution < 1.29 is 9.59 Å². The molecule has 0 saturated carbocycles. The molecule has 1 heterocycles. The van der Waals surface area contributed by atoms with Crippen LogP contribution in [0.25, 0.3) is 0 Å². The van der Waals surface area contributed by atoms with Crippen LogP contribution in [0.2, 0.25) is 0 Å². The van der Waals surface area contributed by atoms with Crippen LogP contribution in [0.3, 0.4) is 0 Å². The predicted octanol–water partition coefficient (Wildman–Crippen LogP) is 3.40. The van der Waals surface area contributed by atoms with Crippen molar-refractivity contribution in [2.75, 3.05) is 11.9 Å². The zero-order chi connectivity index (χ0) is 17.1. The number of benzene rings is 2. The van der Waals surface area contributed by atoms with Crippen LogP contribution in [0.5, 0.6) is 0 Å². The molecule has 0 aliphatic carbocycles. The third-order valence-corrected chi connectivity index (χ3v) is 5.29. The maximum absolute atomic E-state index is 12.3. The first-order valence-electron chi connectivity index (χ1n) is 7.99. The second kappa shape index (κ2) is 7.09. The lowest BCUT2D eigenvalue weighted by Crippen LogP contribution is -2.28. The van der Waals surface area contributed by atoms with Crippen molar-refractivity contribution in [1.29, 1.82) is 0 Å². The molecule has 0 aromatic heterocycles. The normalized spacial score (nSPS) is 16.2. The lowest BCUT2D eigenvalue weighted by molar-refractivity contribution is -0.115. The summed E-state index contributed by atoms with van der Waals surface area (Å²) in [5.41, 5.74) is 3.75. The number of carbonyl (C=O) groups excluding carboxylic acids is 2. The summed E-state index contributed by atoms with van der Waals surface area (Å²) in [6, 6.07) is 13.6. The molecule has 2 aromatic carbocycles. The first kappa shape index (κ1) is 16.6. The fourth-order valence-electron chi connectivity index (χ4n) is 2.65. The van der Waals surface area contributed by atoms with E-state index in [0.29, 0.717) is 12.1 Å². The Balaban J connectivity index is 1.63. The van der Waals surface area contributed by atoms with Crippen LogP contribution in [0, 0.1) is 6.92 Å². The molecule has 1 aliphatic heterocycles. The van der Waals surface area contributed by atoms with Gasteiger partial charge in [-0.2, -0.15) is 0 Å². The minimum Gasteiger partial charge on any atom is -0.352 e. The molecule has 4 nitrogen and oxygen atoms in total. The molecule has 0 bridgehead atoms. The highest BCUT2D eigenvalue weighted by atomic mass is 32.2. The molecular formula is C19H20N2O2S. The van der Waals surface area contributed by atoms with Crippen LogP contribution in [0.4, 0.5) is 5.69 Å². The predicted molar refractivity (Wildman–Crippen MR) is 97.6 cm³/mol. The number of hydrogen-bond acceptors (Lipinski definition) is 3. The van der Waals surface area contributed by atoms with Crippen molar-refractivity contribution in [3.63, 3.8) is 0 Å². The van der Waals surface area contributed by atoms with Gasteiger partial charge in [0.2, 0.25) is 5.91 Å². The summed E-state index contributed by atoms with van der Waals surface area (Å²) >= 11 is 1.51. The van der Waals surface area contributed by atoms with Crippen molar-refractivity contribution in [3.8, 4) is 0 Å². The highest BCUT2D eigenvalue weighted by Crippen LogP contribution is 2.35. The Labute approximate surface area is 146 Å². The van der Waals surface area contributed by atoms with Crippen LogP contribution in [-0.4, -0.2) is 23.6 Å². The fourth-order valence-corrected chi connectivity index (χ4v) is 3.58. The van der Waals surface area contributed by atoms with Gasteiger partial charge >= 0.3 is 0 Å². The Kier molecular flexibility index (Phi) is 4.90. The largest absolute Gasteiger partial charge is 0.352 e. The van der Waals surface area contributed by atoms with Crippen LogP contribution >= 0.6 is 11.8 Å². The molecular weight excluding hydrogens is 320 g/mol. The maximum atomic E-state index is 12.3. The summed E-state index contributed by atoms with van der Waals surface area (Å²) in [6.07, 6.45) is 0.799. The first-order valence-corrected chi connectivity index (χ1v) is 8.87. The van der Waals surface area contributed by atoms with E-state index in [1.165, 1.54) is 22.9 Å². The summed E-state index contributed by atoms with van der Waals surface area (Å²) < 4.78 is 0. The third kappa shape index (κ3) is 3.62. The summed E-state index contributed by atoms with van der Waals surface area (Å²) in [4.78, 5) is 25.1. The van der Waals surface area contributed by atoms with E-state index in [1.807, 2.05) is 25.1 Å². The van der Waals surface area contributed by atoms with E-state index >= 15 is 0 Å². The van der Waals surface area contributed by atoms with Crippen molar-refractivity contribution in [1.82, 2.24) is 5.32 Å². The fraction of sp³-hybridized carbons (Fsp3) is 0.263. The number of nitrogens with one attached hydrogen (secondary N) is 2. The van der Waals surface area contributed by atoms with E-state index in [1.54, 1.807) is 12.1 Å². The van der Waals surface area contributed by atoms with Gasteiger partial charge < -0.3 is 10.6 Å². The quantitative estimate of drug-likeness (QED) is 0.897. The number of amides is 2. The van der Waals surface area contributed by atoms with Crippen LogP contribution in [-0.2, 0) is 11.2 Å². The number of thioether (sulfide) groups is 1. The second-order valence-corrected chi connectivity index (χ2v) is 7.28. The highest BCUT2D eigenvalue weighted by molar-refractivity contribution is 8.00. The van der Waals surface area contributed by atoms with Gasteiger partial charge in [0.05, 0.1) is 10.9 Å². The molecule has 2 aromatic rings. The average Bonchev–Trinajstić information content (AvgIpc) is 2.57. The number of aryl methyl sites for hydroxylation is 1. The van der Waals surface area contributed by atoms with Gasteiger partial charge in [-0.3, -0.25) is 9.59 Å². The van der Waals surface area contributed by atoms with E-state index in [9.17, 15) is 9.59 Å². The van der Waals surface area contributed by atoms with Crippen molar-refractivity contribution in [2.45, 2.75) is 30.4 Å². The minimum atomic E-state index is -0.121. The zero-order valence-corrected chi connectivity index (χ0v) is 14.6. The van der Waals surface area contributed by atoms with Gasteiger partial charge in [0.25, 0.3) is 5.91 Å². The Bertz CT molecular complexity index is 789. The summed E-state index contributed by atoms with van der Waals surface area (Å²) in [6.45, 7) is 4.52. The molecule has 0 radical (unpaired) electrons. The van der Waals surface area contributed by atoms with E-state index in [2.05, 4.69) is 29.7 Å². The molecule has 2 amide bonds. The lowest BCUT2D eigenvalue weighted by atomic mass is 10.1. The Morgan fingerprint density at radius 3 is 2.83 bits per heavy atom. The number of hydrogen-bond donors (Lipinski definition) is 2. The van der Waals surface area contributed by atoms with Crippen LogP contribution in [0.15, 0.2) is 47.4 Å². The average molecular weight is 340 g/mol. The van der Waals surface area contributed by atoms with Crippen LogP contribution < -0.4 is 10.6 Å². The number of rotatable bonds is 4. The minimum absolute atomic E-state index is 0.0235. The molecule has 3 rings (SSSR count). The summed E-state index contributed by atoms with van der Waals surface area (Å²) in [5.74, 6) is -0.145. The Morgan fingerprint density at radius 2 is 2.04 bits per heavy atom. The number of carbonyl (C=O) groups is 2. The summed E-state index contributed by atoms with van der Waals surface area (Å²) in [5, 5.41) is 5.69. The molecule has 1 aliphatic rings. The van der Waals surface area contributed by atoms with E-state index in [-0.39, 0.29) is 17.1 Å². The molecule has 24 heavy (non-hydrogen) atoms. The number of anilines is 1. The maximum Gasteiger partial charge on any atom is 0.251 e. The number of fused-ring (bicyclic) bond motifs is 1. The van der Waals surface area contributed by atoms with Gasteiger partial charge in [0.15, 0.2) is 0 Å². The molecule has 0 fully saturated rings. The van der Waals surface area contributed by atoms with Gasteiger partial charge in [0, 0.05) is 17.0 Å². The summed E-state index contributed by atoms with van der Waals surface area (Å²) in [7, 11) is 0. The Morgan fingerprint density at radius 1 is 1.25 bits per heavy atom. The van der Waals surface area contributed by atoms with E-state index in [4.69, 9.17) is 0 Å². The highest BCUT2D eigenvalue weighted by Gasteiger charge is 2.23. The Hall–Kier alpha value is -2.27. The standard InChI is InChI=1S/C19H20N2O2S/c1-12-5-3-4-6-14(12)9-10-20-19(23)15-7-8-17-16(11-15)21-18(22)13(2)24-17/h3-8,11,13H,9-10H2,1-2H3,(H,20,23)(H,21,22)/t13-/m0/s1. The van der Waals surface area contributed by atoms with Gasteiger partial charge in [-0.25, -0.2) is 0 Å². The van der Waals surface area contributed by atoms with Gasteiger partial charge in [-0.15, -0.1) is 11.8 Å². The van der Waals surface area contributed by atoms with Gasteiger partial charge in [-0.05, 0) is 49.6 Å². The molecule has 0 spiro atoms. The third-order valence-electron chi connectivity index (χ3n) is 4.11. The van der Waals surface area contributed by atoms with Crippen molar-refractivity contribution in [2.24, 2.45) is 0 Å². The van der Waals surface area contributed by atoms with Crippen LogP contribution in [0.1, 0.15) is 28.4 Å². The molecule has 124 valence electrons. The SMILES string of the molecule is Cc1ccccc1CCNC(=O)c1ccc2c(c1)NC(=O)[C@H](C)S2. The van der Waals surface area contributed by atoms with Crippen molar-refractivity contribution in [3.05, 3.63) is 59.2 Å². The molecule has 5 heteroatoms.